The fraction of sp³-hybridized carbons (Fsp3) is 0.269. The number of allylic oxidation sites excluding steroid dienone is 1. The number of benzene rings is 2. The van der Waals surface area contributed by atoms with Gasteiger partial charge in [-0.25, -0.2) is 9.79 Å². The molecule has 0 radical (unpaired) electrons. The minimum absolute atomic E-state index is 0.158. The lowest BCUT2D eigenvalue weighted by Gasteiger charge is -2.24. The summed E-state index contributed by atoms with van der Waals surface area (Å²) in [6, 6.07) is 10.3. The summed E-state index contributed by atoms with van der Waals surface area (Å²) in [5, 5.41) is 0. The molecule has 5 rings (SSSR count). The second kappa shape index (κ2) is 9.94. The number of rotatable bonds is 6. The molecule has 0 saturated heterocycles. The van der Waals surface area contributed by atoms with Crippen LogP contribution in [0.25, 0.3) is 6.08 Å². The first-order valence-corrected chi connectivity index (χ1v) is 13.0. The van der Waals surface area contributed by atoms with Crippen molar-refractivity contribution >= 4 is 39.3 Å². The molecule has 1 atom stereocenters. The first-order chi connectivity index (χ1) is 17.4. The quantitative estimate of drug-likeness (QED) is 0.420. The largest absolute Gasteiger partial charge is 0.494 e. The maximum atomic E-state index is 13.8. The lowest BCUT2D eigenvalue weighted by molar-refractivity contribution is -0.139. The van der Waals surface area contributed by atoms with Crippen molar-refractivity contribution in [1.29, 1.82) is 0 Å². The Bertz CT molecular complexity index is 1550. The molecule has 10 heteroatoms. The Morgan fingerprint density at radius 2 is 1.92 bits per heavy atom. The Balaban J connectivity index is 1.68. The van der Waals surface area contributed by atoms with Gasteiger partial charge in [0, 0.05) is 4.47 Å². The number of carbonyl (C=O) groups is 1. The Labute approximate surface area is 219 Å². The van der Waals surface area contributed by atoms with Crippen LogP contribution >= 0.6 is 27.3 Å². The third-order valence-corrected chi connectivity index (χ3v) is 7.47. The van der Waals surface area contributed by atoms with Gasteiger partial charge in [0.05, 0.1) is 35.1 Å². The molecule has 0 spiro atoms. The Hall–Kier alpha value is -3.37. The van der Waals surface area contributed by atoms with E-state index in [1.54, 1.807) is 24.5 Å². The van der Waals surface area contributed by atoms with Crippen LogP contribution in [0, 0.1) is 0 Å². The number of hydrogen-bond donors (Lipinski definition) is 0. The molecule has 1 aromatic heterocycles. The fourth-order valence-electron chi connectivity index (χ4n) is 4.20. The van der Waals surface area contributed by atoms with Gasteiger partial charge in [0.15, 0.2) is 16.3 Å². The van der Waals surface area contributed by atoms with E-state index >= 15 is 0 Å². The first-order valence-electron chi connectivity index (χ1n) is 11.4. The number of halogens is 1. The Kier molecular flexibility index (Phi) is 6.72. The third-order valence-electron chi connectivity index (χ3n) is 5.80. The second-order valence-corrected chi connectivity index (χ2v) is 9.89. The molecule has 3 heterocycles. The smallest absolute Gasteiger partial charge is 0.338 e. The van der Waals surface area contributed by atoms with Crippen LogP contribution in [0.2, 0.25) is 0 Å². The molecule has 0 bridgehead atoms. The molecule has 3 aromatic rings. The molecule has 186 valence electrons. The van der Waals surface area contributed by atoms with Gasteiger partial charge in [-0.1, -0.05) is 39.4 Å². The fourth-order valence-corrected chi connectivity index (χ4v) is 5.68. The molecule has 36 heavy (non-hydrogen) atoms. The van der Waals surface area contributed by atoms with Crippen LogP contribution in [-0.2, 0) is 9.53 Å². The molecule has 0 amide bonds. The molecule has 0 N–H and O–H groups in total. The summed E-state index contributed by atoms with van der Waals surface area (Å²) in [5.74, 6) is 1.47. The summed E-state index contributed by atoms with van der Waals surface area (Å²) >= 11 is 4.82. The van der Waals surface area contributed by atoms with Crippen molar-refractivity contribution in [3.05, 3.63) is 83.0 Å². The van der Waals surface area contributed by atoms with Gasteiger partial charge in [-0.3, -0.25) is 9.36 Å². The number of fused-ring (bicyclic) bond motifs is 2. The molecular formula is C26H23BrN2O6S. The van der Waals surface area contributed by atoms with Gasteiger partial charge in [0.25, 0.3) is 5.56 Å². The zero-order valence-electron chi connectivity index (χ0n) is 19.9. The van der Waals surface area contributed by atoms with Crippen LogP contribution in [0.1, 0.15) is 37.9 Å². The van der Waals surface area contributed by atoms with Crippen molar-refractivity contribution in [3.63, 3.8) is 0 Å². The van der Waals surface area contributed by atoms with Gasteiger partial charge < -0.3 is 18.9 Å². The van der Waals surface area contributed by atoms with Gasteiger partial charge in [-0.05, 0) is 62.2 Å². The minimum Gasteiger partial charge on any atom is -0.494 e. The molecule has 2 aliphatic heterocycles. The van der Waals surface area contributed by atoms with Crippen LogP contribution in [-0.4, -0.2) is 30.5 Å². The number of aromatic nitrogens is 1. The van der Waals surface area contributed by atoms with Crippen molar-refractivity contribution in [2.75, 3.05) is 20.0 Å². The van der Waals surface area contributed by atoms with E-state index < -0.39 is 12.0 Å². The highest BCUT2D eigenvalue weighted by Gasteiger charge is 2.33. The predicted octanol–water partition coefficient (Wildman–Crippen LogP) is 3.69. The van der Waals surface area contributed by atoms with Crippen molar-refractivity contribution in [2.24, 2.45) is 4.99 Å². The topological polar surface area (TPSA) is 88.4 Å². The number of thiazole rings is 1. The maximum Gasteiger partial charge on any atom is 0.338 e. The number of nitrogens with zero attached hydrogens (tertiary/aromatic N) is 2. The van der Waals surface area contributed by atoms with E-state index in [-0.39, 0.29) is 19.0 Å². The summed E-state index contributed by atoms with van der Waals surface area (Å²) in [7, 11) is 0. The molecular weight excluding hydrogens is 548 g/mol. The van der Waals surface area contributed by atoms with Crippen LogP contribution in [0.3, 0.4) is 0 Å². The van der Waals surface area contributed by atoms with E-state index in [9.17, 15) is 9.59 Å². The lowest BCUT2D eigenvalue weighted by atomic mass is 9.96. The predicted molar refractivity (Wildman–Crippen MR) is 138 cm³/mol. The van der Waals surface area contributed by atoms with Crippen molar-refractivity contribution < 1.29 is 23.7 Å². The summed E-state index contributed by atoms with van der Waals surface area (Å²) < 4.78 is 24.6. The summed E-state index contributed by atoms with van der Waals surface area (Å²) in [6.45, 7) is 6.34. The van der Waals surface area contributed by atoms with Crippen LogP contribution in [0.4, 0.5) is 0 Å². The van der Waals surface area contributed by atoms with E-state index in [1.165, 1.54) is 11.3 Å². The molecule has 1 unspecified atom stereocenters. The summed E-state index contributed by atoms with van der Waals surface area (Å²) in [6.07, 6.45) is 1.79. The average molecular weight is 571 g/mol. The standard InChI is InChI=1S/C26H23BrN2O6S/c1-4-32-17-8-6-15(7-9-17)23-22(25(31)33-5-2)14(3)28-26-29(23)24(30)21(36-26)11-16-10-19-20(12-18(16)27)35-13-34-19/h6-12,23H,4-5,13H2,1-3H3/b21-11-. The first kappa shape index (κ1) is 24.3. The number of hydrogen-bond acceptors (Lipinski definition) is 8. The minimum atomic E-state index is -0.682. The monoisotopic (exact) mass is 570 g/mol. The Morgan fingerprint density at radius 3 is 2.61 bits per heavy atom. The molecule has 0 saturated carbocycles. The zero-order valence-corrected chi connectivity index (χ0v) is 22.3. The van der Waals surface area contributed by atoms with Crippen molar-refractivity contribution in [1.82, 2.24) is 4.57 Å². The molecule has 0 aliphatic carbocycles. The van der Waals surface area contributed by atoms with Gasteiger partial charge in [0.1, 0.15) is 5.75 Å². The maximum absolute atomic E-state index is 13.8. The molecule has 8 nitrogen and oxygen atoms in total. The van der Waals surface area contributed by atoms with Crippen molar-refractivity contribution in [2.45, 2.75) is 26.8 Å². The van der Waals surface area contributed by atoms with Crippen molar-refractivity contribution in [3.8, 4) is 17.2 Å². The summed E-state index contributed by atoms with van der Waals surface area (Å²) in [4.78, 5) is 31.9. The lowest BCUT2D eigenvalue weighted by Crippen LogP contribution is -2.39. The summed E-state index contributed by atoms with van der Waals surface area (Å²) in [5.41, 5.74) is 2.13. The van der Waals surface area contributed by atoms with E-state index in [1.807, 2.05) is 43.3 Å². The molecule has 0 fully saturated rings. The van der Waals surface area contributed by atoms with Gasteiger partial charge in [-0.2, -0.15) is 0 Å². The number of carbonyl (C=O) groups excluding carboxylic acids is 1. The number of ether oxygens (including phenoxy) is 4. The second-order valence-electron chi connectivity index (χ2n) is 8.03. The normalized spacial score (nSPS) is 16.6. The van der Waals surface area contributed by atoms with Gasteiger partial charge in [-0.15, -0.1) is 0 Å². The Morgan fingerprint density at radius 1 is 1.19 bits per heavy atom. The SMILES string of the molecule is CCOC(=O)C1=C(C)N=c2s/c(=C\c3cc4c(cc3Br)OCO4)c(=O)n2C1c1ccc(OCC)cc1. The van der Waals surface area contributed by atoms with E-state index in [0.717, 1.165) is 15.6 Å². The zero-order chi connectivity index (χ0) is 25.4. The highest BCUT2D eigenvalue weighted by atomic mass is 79.9. The molecule has 2 aliphatic rings. The van der Waals surface area contributed by atoms with Crippen LogP contribution in [0.5, 0.6) is 17.2 Å². The highest BCUT2D eigenvalue weighted by Crippen LogP contribution is 2.37. The molecule has 2 aromatic carbocycles. The van der Waals surface area contributed by atoms with Crippen LogP contribution < -0.4 is 29.1 Å². The highest BCUT2D eigenvalue weighted by molar-refractivity contribution is 9.10. The van der Waals surface area contributed by atoms with E-state index in [0.29, 0.717) is 44.5 Å². The van der Waals surface area contributed by atoms with Gasteiger partial charge in [0.2, 0.25) is 6.79 Å². The van der Waals surface area contributed by atoms with Crippen LogP contribution in [0.15, 0.2) is 61.9 Å². The average Bonchev–Trinajstić information content (AvgIpc) is 3.43. The number of esters is 1. The van der Waals surface area contributed by atoms with E-state index in [4.69, 9.17) is 18.9 Å². The third kappa shape index (κ3) is 4.35. The van der Waals surface area contributed by atoms with Gasteiger partial charge >= 0.3 is 5.97 Å². The van der Waals surface area contributed by atoms with E-state index in [2.05, 4.69) is 20.9 Å².